The lowest BCUT2D eigenvalue weighted by Crippen LogP contribution is -2.02. The van der Waals surface area contributed by atoms with Gasteiger partial charge in [0.25, 0.3) is 0 Å². The fraction of sp³-hybridized carbons (Fsp3) is 0.200. The van der Waals surface area contributed by atoms with E-state index < -0.39 is 11.9 Å². The van der Waals surface area contributed by atoms with Crippen molar-refractivity contribution < 1.29 is 14.2 Å². The first-order chi connectivity index (χ1) is 9.49. The highest BCUT2D eigenvalue weighted by atomic mass is 79.9. The van der Waals surface area contributed by atoms with Gasteiger partial charge in [-0.3, -0.25) is 0 Å². The zero-order chi connectivity index (χ0) is 14.7. The SMILES string of the molecule is CC(O)c1ccc(Br)cc1OCc1cccc(F)c1Cl. The Morgan fingerprint density at radius 3 is 2.80 bits per heavy atom. The van der Waals surface area contributed by atoms with Crippen molar-refractivity contribution in [1.29, 1.82) is 0 Å². The van der Waals surface area contributed by atoms with Crippen LogP contribution in [0.25, 0.3) is 0 Å². The van der Waals surface area contributed by atoms with Crippen molar-refractivity contribution in [2.75, 3.05) is 0 Å². The molecule has 1 atom stereocenters. The molecular weight excluding hydrogens is 347 g/mol. The summed E-state index contributed by atoms with van der Waals surface area (Å²) >= 11 is 9.23. The number of halogens is 3. The summed E-state index contributed by atoms with van der Waals surface area (Å²) in [5, 5.41) is 9.77. The van der Waals surface area contributed by atoms with Gasteiger partial charge in [0.15, 0.2) is 0 Å². The Morgan fingerprint density at radius 2 is 2.10 bits per heavy atom. The van der Waals surface area contributed by atoms with Crippen LogP contribution in [0.2, 0.25) is 5.02 Å². The molecule has 0 spiro atoms. The minimum Gasteiger partial charge on any atom is -0.488 e. The van der Waals surface area contributed by atoms with Crippen LogP contribution in [0.4, 0.5) is 4.39 Å². The van der Waals surface area contributed by atoms with Crippen LogP contribution in [0.15, 0.2) is 40.9 Å². The quantitative estimate of drug-likeness (QED) is 0.843. The van der Waals surface area contributed by atoms with Gasteiger partial charge in [-0.05, 0) is 25.1 Å². The van der Waals surface area contributed by atoms with E-state index in [2.05, 4.69) is 15.9 Å². The van der Waals surface area contributed by atoms with Gasteiger partial charge in [0, 0.05) is 15.6 Å². The van der Waals surface area contributed by atoms with E-state index in [-0.39, 0.29) is 11.6 Å². The first-order valence-corrected chi connectivity index (χ1v) is 7.19. The molecule has 0 aliphatic carbocycles. The van der Waals surface area contributed by atoms with Crippen LogP contribution < -0.4 is 4.74 Å². The van der Waals surface area contributed by atoms with Crippen molar-refractivity contribution in [3.8, 4) is 5.75 Å². The number of benzene rings is 2. The second-order valence-corrected chi connectivity index (χ2v) is 5.65. The maximum atomic E-state index is 13.3. The van der Waals surface area contributed by atoms with Crippen LogP contribution in [-0.4, -0.2) is 5.11 Å². The van der Waals surface area contributed by atoms with Gasteiger partial charge in [-0.2, -0.15) is 0 Å². The van der Waals surface area contributed by atoms with Gasteiger partial charge in [0.2, 0.25) is 0 Å². The Labute approximate surface area is 130 Å². The average Bonchev–Trinajstić information content (AvgIpc) is 2.40. The molecule has 0 radical (unpaired) electrons. The zero-order valence-corrected chi connectivity index (χ0v) is 13.1. The molecule has 0 amide bonds. The molecule has 0 saturated carbocycles. The second kappa shape index (κ2) is 6.57. The summed E-state index contributed by atoms with van der Waals surface area (Å²) < 4.78 is 19.8. The Kier molecular flexibility index (Phi) is 5.02. The number of hydrogen-bond donors (Lipinski definition) is 1. The molecule has 5 heteroatoms. The van der Waals surface area contributed by atoms with Crippen LogP contribution in [0.3, 0.4) is 0 Å². The third-order valence-corrected chi connectivity index (χ3v) is 3.76. The molecule has 2 nitrogen and oxygen atoms in total. The summed E-state index contributed by atoms with van der Waals surface area (Å²) in [7, 11) is 0. The summed E-state index contributed by atoms with van der Waals surface area (Å²) in [5.41, 5.74) is 1.23. The van der Waals surface area contributed by atoms with Crippen molar-refractivity contribution in [3.05, 3.63) is 62.8 Å². The highest BCUT2D eigenvalue weighted by molar-refractivity contribution is 9.10. The van der Waals surface area contributed by atoms with Crippen LogP contribution in [0.5, 0.6) is 5.75 Å². The molecule has 1 unspecified atom stereocenters. The summed E-state index contributed by atoms with van der Waals surface area (Å²) in [6, 6.07) is 9.94. The summed E-state index contributed by atoms with van der Waals surface area (Å²) in [6.07, 6.45) is -0.652. The molecular formula is C15H13BrClFO2. The minimum absolute atomic E-state index is 0.0566. The Hall–Kier alpha value is -1.10. The molecule has 106 valence electrons. The molecule has 2 aromatic rings. The normalized spacial score (nSPS) is 12.2. The zero-order valence-electron chi connectivity index (χ0n) is 10.7. The van der Waals surface area contributed by atoms with E-state index in [1.807, 2.05) is 6.07 Å². The fourth-order valence-electron chi connectivity index (χ4n) is 1.79. The largest absolute Gasteiger partial charge is 0.488 e. The van der Waals surface area contributed by atoms with Crippen molar-refractivity contribution in [3.63, 3.8) is 0 Å². The lowest BCUT2D eigenvalue weighted by Gasteiger charge is -2.14. The van der Waals surface area contributed by atoms with E-state index >= 15 is 0 Å². The standard InChI is InChI=1S/C15H13BrClFO2/c1-9(19)12-6-5-11(16)7-14(12)20-8-10-3-2-4-13(18)15(10)17/h2-7,9,19H,8H2,1H3. The van der Waals surface area contributed by atoms with E-state index in [9.17, 15) is 9.50 Å². The Bertz CT molecular complexity index is 617. The smallest absolute Gasteiger partial charge is 0.142 e. The Balaban J connectivity index is 2.22. The van der Waals surface area contributed by atoms with Gasteiger partial charge in [-0.1, -0.05) is 45.7 Å². The molecule has 0 bridgehead atoms. The van der Waals surface area contributed by atoms with E-state index in [1.165, 1.54) is 6.07 Å². The van der Waals surface area contributed by atoms with Crippen molar-refractivity contribution in [1.82, 2.24) is 0 Å². The van der Waals surface area contributed by atoms with Gasteiger partial charge in [-0.25, -0.2) is 4.39 Å². The van der Waals surface area contributed by atoms with Crippen LogP contribution >= 0.6 is 27.5 Å². The number of aliphatic hydroxyl groups excluding tert-OH is 1. The van der Waals surface area contributed by atoms with Gasteiger partial charge >= 0.3 is 0 Å². The Morgan fingerprint density at radius 1 is 1.35 bits per heavy atom. The highest BCUT2D eigenvalue weighted by Gasteiger charge is 2.11. The highest BCUT2D eigenvalue weighted by Crippen LogP contribution is 2.30. The topological polar surface area (TPSA) is 29.5 Å². The predicted octanol–water partition coefficient (Wildman–Crippen LogP) is 4.87. The predicted molar refractivity (Wildman–Crippen MR) is 80.5 cm³/mol. The van der Waals surface area contributed by atoms with Crippen molar-refractivity contribution >= 4 is 27.5 Å². The molecule has 0 fully saturated rings. The fourth-order valence-corrected chi connectivity index (χ4v) is 2.31. The minimum atomic E-state index is -0.652. The average molecular weight is 360 g/mol. The molecule has 20 heavy (non-hydrogen) atoms. The van der Waals surface area contributed by atoms with Crippen LogP contribution in [-0.2, 0) is 6.61 Å². The molecule has 1 N–H and O–H groups in total. The number of ether oxygens (including phenoxy) is 1. The molecule has 0 saturated heterocycles. The molecule has 0 aliphatic rings. The van der Waals surface area contributed by atoms with Crippen LogP contribution in [0, 0.1) is 5.82 Å². The third kappa shape index (κ3) is 3.51. The first-order valence-electron chi connectivity index (χ1n) is 6.02. The molecule has 0 heterocycles. The second-order valence-electron chi connectivity index (χ2n) is 4.36. The van der Waals surface area contributed by atoms with Crippen LogP contribution in [0.1, 0.15) is 24.2 Å². The molecule has 0 aliphatic heterocycles. The molecule has 2 aromatic carbocycles. The molecule has 0 aromatic heterocycles. The first kappa shape index (κ1) is 15.3. The van der Waals surface area contributed by atoms with E-state index in [0.29, 0.717) is 16.9 Å². The number of hydrogen-bond acceptors (Lipinski definition) is 2. The van der Waals surface area contributed by atoms with E-state index in [4.69, 9.17) is 16.3 Å². The summed E-state index contributed by atoms with van der Waals surface area (Å²) in [5.74, 6) is 0.0625. The summed E-state index contributed by atoms with van der Waals surface area (Å²) in [6.45, 7) is 1.79. The third-order valence-electron chi connectivity index (χ3n) is 2.84. The lowest BCUT2D eigenvalue weighted by molar-refractivity contribution is 0.190. The maximum Gasteiger partial charge on any atom is 0.142 e. The molecule has 2 rings (SSSR count). The van der Waals surface area contributed by atoms with Crippen molar-refractivity contribution in [2.45, 2.75) is 19.6 Å². The number of aliphatic hydroxyl groups is 1. The van der Waals surface area contributed by atoms with Gasteiger partial charge in [0.05, 0.1) is 11.1 Å². The van der Waals surface area contributed by atoms with E-state index in [1.54, 1.807) is 31.2 Å². The summed E-state index contributed by atoms with van der Waals surface area (Å²) in [4.78, 5) is 0. The monoisotopic (exact) mass is 358 g/mol. The van der Waals surface area contributed by atoms with E-state index in [0.717, 1.165) is 4.47 Å². The van der Waals surface area contributed by atoms with Gasteiger partial charge < -0.3 is 9.84 Å². The lowest BCUT2D eigenvalue weighted by atomic mass is 10.1. The number of rotatable bonds is 4. The maximum absolute atomic E-state index is 13.3. The van der Waals surface area contributed by atoms with Gasteiger partial charge in [-0.15, -0.1) is 0 Å². The van der Waals surface area contributed by atoms with Crippen molar-refractivity contribution in [2.24, 2.45) is 0 Å². The van der Waals surface area contributed by atoms with Gasteiger partial charge in [0.1, 0.15) is 18.2 Å².